The van der Waals surface area contributed by atoms with Gasteiger partial charge in [0.05, 0.1) is 36.1 Å². The van der Waals surface area contributed by atoms with E-state index in [1.807, 2.05) is 7.05 Å². The summed E-state index contributed by atoms with van der Waals surface area (Å²) in [4.78, 5) is 2.26. The van der Waals surface area contributed by atoms with E-state index in [9.17, 15) is 25.5 Å². The van der Waals surface area contributed by atoms with Crippen LogP contribution in [-0.4, -0.2) is 106 Å². The first-order chi connectivity index (χ1) is 15.0. The quantitative estimate of drug-likeness (QED) is 0.377. The Balaban J connectivity index is 1.69. The fraction of sp³-hybridized carbons (Fsp3) is 1.00. The Bertz CT molecular complexity index is 828. The van der Waals surface area contributed by atoms with E-state index >= 15 is 0 Å². The van der Waals surface area contributed by atoms with Crippen LogP contribution in [0.2, 0.25) is 0 Å². The molecule has 5 saturated carbocycles. The highest BCUT2D eigenvalue weighted by molar-refractivity contribution is 5.38. The third-order valence-corrected chi connectivity index (χ3v) is 11.9. The Morgan fingerprint density at radius 2 is 1.72 bits per heavy atom. The number of likely N-dealkylation sites (tertiary alicyclic amines) is 1. The SMILES string of the molecule is CC[C@]12CN(C)C3[C@@H]4[C@H](OC)[C@H]1[C@@]3([C@@H](OC)C[C@H]2O)[C@@H]1C[C@@]2(O)[C@H](O)[C@@H]1[C@]4(O)[C@@H](O)[C@@H]2C. The van der Waals surface area contributed by atoms with Crippen molar-refractivity contribution in [3.63, 3.8) is 0 Å². The summed E-state index contributed by atoms with van der Waals surface area (Å²) in [7, 11) is 5.39. The second kappa shape index (κ2) is 6.26. The van der Waals surface area contributed by atoms with E-state index in [4.69, 9.17) is 9.47 Å². The molecule has 6 rings (SSSR count). The van der Waals surface area contributed by atoms with Crippen LogP contribution in [0.5, 0.6) is 0 Å². The van der Waals surface area contributed by atoms with Gasteiger partial charge < -0.3 is 39.9 Å². The minimum atomic E-state index is -1.60. The molecule has 0 aromatic carbocycles. The number of aliphatic hydroxyl groups is 5. The molecule has 15 atom stereocenters. The van der Waals surface area contributed by atoms with Crippen molar-refractivity contribution in [1.82, 2.24) is 4.90 Å². The average molecular weight is 454 g/mol. The highest BCUT2D eigenvalue weighted by atomic mass is 16.5. The standard InChI is InChI=1S/C24H39NO7/c1-6-21-9-25(3)18-15-16(32-5)17(21)23(18,13(31-4)7-12(21)26)11-8-22(29)10(2)19(27)24(15,30)14(11)20(22)28/h10-20,26-30H,6-9H2,1-5H3/t10-,11+,12+,13-,14+,15-,16-,17+,18?,19-,20+,21+,22-,23-,24+/m0/s1. The number of methoxy groups -OCH3 is 2. The number of fused-ring (bicyclic) bond motifs is 2. The number of hydrogen-bond donors (Lipinski definition) is 5. The average Bonchev–Trinajstić information content (AvgIpc) is 3.15. The molecule has 1 unspecified atom stereocenters. The minimum absolute atomic E-state index is 0.110. The van der Waals surface area contributed by atoms with Crippen molar-refractivity contribution >= 4 is 0 Å². The van der Waals surface area contributed by atoms with Crippen molar-refractivity contribution in [2.45, 2.75) is 80.9 Å². The Morgan fingerprint density at radius 3 is 2.31 bits per heavy atom. The Kier molecular flexibility index (Phi) is 4.34. The van der Waals surface area contributed by atoms with Gasteiger partial charge in [-0.15, -0.1) is 0 Å². The molecule has 5 N–H and O–H groups in total. The van der Waals surface area contributed by atoms with E-state index in [-0.39, 0.29) is 24.0 Å². The van der Waals surface area contributed by atoms with Crippen LogP contribution in [0, 0.1) is 40.4 Å². The molecule has 1 spiro atoms. The third-order valence-electron chi connectivity index (χ3n) is 11.9. The lowest BCUT2D eigenvalue weighted by molar-refractivity contribution is -0.308. The summed E-state index contributed by atoms with van der Waals surface area (Å²) < 4.78 is 12.3. The topological polar surface area (TPSA) is 123 Å². The molecule has 1 saturated heterocycles. The Morgan fingerprint density at radius 1 is 1.03 bits per heavy atom. The molecule has 0 radical (unpaired) electrons. The van der Waals surface area contributed by atoms with Crippen LogP contribution >= 0.6 is 0 Å². The smallest absolute Gasteiger partial charge is 0.103 e. The van der Waals surface area contributed by atoms with Crippen LogP contribution in [0.1, 0.15) is 33.1 Å². The van der Waals surface area contributed by atoms with E-state index in [0.29, 0.717) is 19.4 Å². The predicted molar refractivity (Wildman–Crippen MR) is 113 cm³/mol. The van der Waals surface area contributed by atoms with Crippen molar-refractivity contribution in [3.8, 4) is 0 Å². The lowest BCUT2D eigenvalue weighted by Gasteiger charge is -2.70. The molecule has 8 heteroatoms. The van der Waals surface area contributed by atoms with E-state index in [1.54, 1.807) is 21.1 Å². The number of piperidine rings is 1. The van der Waals surface area contributed by atoms with Gasteiger partial charge in [0.2, 0.25) is 0 Å². The molecule has 1 heterocycles. The molecular formula is C24H39NO7. The molecule has 7 bridgehead atoms. The zero-order chi connectivity index (χ0) is 23.2. The molecule has 182 valence electrons. The second-order valence-corrected chi connectivity index (χ2v) is 12.0. The molecule has 32 heavy (non-hydrogen) atoms. The summed E-state index contributed by atoms with van der Waals surface area (Å²) in [6.07, 6.45) is -2.04. The number of ether oxygens (including phenoxy) is 2. The summed E-state index contributed by atoms with van der Waals surface area (Å²) in [5.74, 6) is -2.18. The van der Waals surface area contributed by atoms with Gasteiger partial charge in [0.25, 0.3) is 0 Å². The fourth-order valence-corrected chi connectivity index (χ4v) is 10.9. The third kappa shape index (κ3) is 1.86. The monoisotopic (exact) mass is 453 g/mol. The van der Waals surface area contributed by atoms with Crippen molar-refractivity contribution in [3.05, 3.63) is 0 Å². The highest BCUT2D eigenvalue weighted by Crippen LogP contribution is 2.80. The largest absolute Gasteiger partial charge is 0.392 e. The molecule has 0 aromatic heterocycles. The van der Waals surface area contributed by atoms with Crippen LogP contribution in [0.4, 0.5) is 0 Å². The van der Waals surface area contributed by atoms with E-state index < -0.39 is 64.2 Å². The van der Waals surface area contributed by atoms with E-state index in [0.717, 1.165) is 6.42 Å². The summed E-state index contributed by atoms with van der Waals surface area (Å²) in [5, 5.41) is 58.5. The summed E-state index contributed by atoms with van der Waals surface area (Å²) >= 11 is 0. The van der Waals surface area contributed by atoms with Crippen LogP contribution in [0.3, 0.4) is 0 Å². The minimum Gasteiger partial charge on any atom is -0.392 e. The van der Waals surface area contributed by atoms with Crippen LogP contribution in [-0.2, 0) is 9.47 Å². The van der Waals surface area contributed by atoms with Gasteiger partial charge in [-0.25, -0.2) is 0 Å². The molecule has 0 amide bonds. The first kappa shape index (κ1) is 22.2. The Labute approximate surface area is 189 Å². The summed E-state index contributed by atoms with van der Waals surface area (Å²) in [6.45, 7) is 4.53. The van der Waals surface area contributed by atoms with Crippen LogP contribution < -0.4 is 0 Å². The summed E-state index contributed by atoms with van der Waals surface area (Å²) in [6, 6.07) is -0.143. The van der Waals surface area contributed by atoms with Gasteiger partial charge >= 0.3 is 0 Å². The Hall–Kier alpha value is -0.320. The zero-order valence-electron chi connectivity index (χ0n) is 19.7. The maximum atomic E-state index is 12.4. The van der Waals surface area contributed by atoms with Crippen molar-refractivity contribution in [1.29, 1.82) is 0 Å². The zero-order valence-corrected chi connectivity index (χ0v) is 19.7. The van der Waals surface area contributed by atoms with Gasteiger partial charge in [0, 0.05) is 67.7 Å². The second-order valence-electron chi connectivity index (χ2n) is 12.0. The van der Waals surface area contributed by atoms with Gasteiger partial charge in [-0.3, -0.25) is 0 Å². The number of aliphatic hydroxyl groups excluding tert-OH is 3. The summed E-state index contributed by atoms with van der Waals surface area (Å²) in [5.41, 5.74) is -4.01. The molecule has 5 aliphatic carbocycles. The first-order valence-corrected chi connectivity index (χ1v) is 12.3. The number of rotatable bonds is 3. The van der Waals surface area contributed by atoms with Crippen LogP contribution in [0.15, 0.2) is 0 Å². The first-order valence-electron chi connectivity index (χ1n) is 12.3. The van der Waals surface area contributed by atoms with Crippen molar-refractivity contribution in [2.24, 2.45) is 40.4 Å². The van der Waals surface area contributed by atoms with Crippen molar-refractivity contribution in [2.75, 3.05) is 27.8 Å². The van der Waals surface area contributed by atoms with Crippen molar-refractivity contribution < 1.29 is 35.0 Å². The molecule has 8 nitrogen and oxygen atoms in total. The normalized spacial score (nSPS) is 67.1. The van der Waals surface area contributed by atoms with Gasteiger partial charge in [-0.05, 0) is 25.8 Å². The maximum absolute atomic E-state index is 12.4. The van der Waals surface area contributed by atoms with Gasteiger partial charge in [0.15, 0.2) is 0 Å². The number of hydrogen-bond acceptors (Lipinski definition) is 8. The lowest BCUT2D eigenvalue weighted by atomic mass is 9.42. The lowest BCUT2D eigenvalue weighted by Crippen LogP contribution is -2.79. The van der Waals surface area contributed by atoms with Gasteiger partial charge in [-0.2, -0.15) is 0 Å². The maximum Gasteiger partial charge on any atom is 0.103 e. The molecular weight excluding hydrogens is 414 g/mol. The molecule has 6 aliphatic rings. The molecule has 6 fully saturated rings. The number of nitrogens with zero attached hydrogens (tertiary/aromatic N) is 1. The van der Waals surface area contributed by atoms with Gasteiger partial charge in [-0.1, -0.05) is 13.8 Å². The molecule has 1 aliphatic heterocycles. The van der Waals surface area contributed by atoms with E-state index in [2.05, 4.69) is 11.8 Å². The molecule has 0 aromatic rings. The van der Waals surface area contributed by atoms with Gasteiger partial charge in [0.1, 0.15) is 5.60 Å². The van der Waals surface area contributed by atoms with E-state index in [1.165, 1.54) is 0 Å². The van der Waals surface area contributed by atoms with Crippen LogP contribution in [0.25, 0.3) is 0 Å². The predicted octanol–water partition coefficient (Wildman–Crippen LogP) is -0.793. The highest BCUT2D eigenvalue weighted by Gasteiger charge is 2.89. The fourth-order valence-electron chi connectivity index (χ4n) is 10.9.